The highest BCUT2D eigenvalue weighted by molar-refractivity contribution is 5.43. The molecule has 0 radical (unpaired) electrons. The highest BCUT2D eigenvalue weighted by Gasteiger charge is 2.16. The molecular formula is C10H13NO. The molecule has 2 heteroatoms. The van der Waals surface area contributed by atoms with Crippen LogP contribution in [0.4, 0.5) is 0 Å². The minimum absolute atomic E-state index is 0.113. The fourth-order valence-corrected chi connectivity index (χ4v) is 1.68. The van der Waals surface area contributed by atoms with Crippen molar-refractivity contribution in [1.29, 1.82) is 0 Å². The molecule has 1 aromatic carbocycles. The molecule has 1 aliphatic heterocycles. The van der Waals surface area contributed by atoms with Crippen LogP contribution in [0.2, 0.25) is 0 Å². The molecular weight excluding hydrogens is 150 g/mol. The number of rotatable bonds is 1. The van der Waals surface area contributed by atoms with Crippen molar-refractivity contribution in [2.24, 2.45) is 5.73 Å². The van der Waals surface area contributed by atoms with Crippen LogP contribution in [0.25, 0.3) is 0 Å². The molecule has 1 atom stereocenters. The van der Waals surface area contributed by atoms with E-state index in [4.69, 9.17) is 10.5 Å². The molecule has 0 bridgehead atoms. The largest absolute Gasteiger partial charge is 0.493 e. The second-order valence-corrected chi connectivity index (χ2v) is 3.21. The van der Waals surface area contributed by atoms with Crippen LogP contribution in [0.15, 0.2) is 18.2 Å². The van der Waals surface area contributed by atoms with Crippen molar-refractivity contribution in [1.82, 2.24) is 0 Å². The van der Waals surface area contributed by atoms with Gasteiger partial charge in [0.25, 0.3) is 0 Å². The van der Waals surface area contributed by atoms with Gasteiger partial charge in [-0.3, -0.25) is 0 Å². The summed E-state index contributed by atoms with van der Waals surface area (Å²) in [5, 5.41) is 0. The van der Waals surface area contributed by atoms with Gasteiger partial charge in [0.1, 0.15) is 5.75 Å². The first kappa shape index (κ1) is 7.62. The predicted octanol–water partition coefficient (Wildman–Crippen LogP) is 1.64. The summed E-state index contributed by atoms with van der Waals surface area (Å²) in [5.74, 6) is 1.02. The molecule has 1 aromatic rings. The Labute approximate surface area is 72.3 Å². The third-order valence-corrected chi connectivity index (χ3v) is 2.27. The van der Waals surface area contributed by atoms with Crippen molar-refractivity contribution >= 4 is 0 Å². The van der Waals surface area contributed by atoms with E-state index < -0.39 is 0 Å². The lowest BCUT2D eigenvalue weighted by Gasteiger charge is -2.09. The van der Waals surface area contributed by atoms with Gasteiger partial charge in [-0.2, -0.15) is 0 Å². The summed E-state index contributed by atoms with van der Waals surface area (Å²) in [6.45, 7) is 2.81. The Morgan fingerprint density at radius 1 is 1.50 bits per heavy atom. The smallest absolute Gasteiger partial charge is 0.122 e. The van der Waals surface area contributed by atoms with Crippen LogP contribution in [0.3, 0.4) is 0 Å². The van der Waals surface area contributed by atoms with Crippen molar-refractivity contribution in [3.8, 4) is 5.75 Å². The first-order chi connectivity index (χ1) is 5.79. The summed E-state index contributed by atoms with van der Waals surface area (Å²) in [6.07, 6.45) is 1.01. The first-order valence-corrected chi connectivity index (χ1v) is 4.29. The second kappa shape index (κ2) is 2.79. The molecule has 0 spiro atoms. The molecule has 2 N–H and O–H groups in total. The number of nitrogens with two attached hydrogens (primary N) is 1. The van der Waals surface area contributed by atoms with Gasteiger partial charge in [0.05, 0.1) is 6.61 Å². The Bertz CT molecular complexity index is 294. The molecule has 1 heterocycles. The zero-order valence-electron chi connectivity index (χ0n) is 7.21. The van der Waals surface area contributed by atoms with Crippen LogP contribution in [-0.2, 0) is 6.42 Å². The minimum atomic E-state index is 0.113. The monoisotopic (exact) mass is 163 g/mol. The van der Waals surface area contributed by atoms with E-state index in [0.717, 1.165) is 18.8 Å². The standard InChI is InChI=1S/C10H13NO/c1-7(11)8-3-2-4-10-9(8)5-6-12-10/h2-4,7H,5-6,11H2,1H3. The predicted molar refractivity (Wildman–Crippen MR) is 48.2 cm³/mol. The number of fused-ring (bicyclic) bond motifs is 1. The highest BCUT2D eigenvalue weighted by atomic mass is 16.5. The maximum Gasteiger partial charge on any atom is 0.122 e. The quantitative estimate of drug-likeness (QED) is 0.683. The average molecular weight is 163 g/mol. The third kappa shape index (κ3) is 1.08. The molecule has 2 nitrogen and oxygen atoms in total. The maximum absolute atomic E-state index is 5.83. The van der Waals surface area contributed by atoms with Crippen LogP contribution in [0.5, 0.6) is 5.75 Å². The molecule has 1 unspecified atom stereocenters. The average Bonchev–Trinajstić information content (AvgIpc) is 2.49. The first-order valence-electron chi connectivity index (χ1n) is 4.29. The molecule has 2 rings (SSSR count). The Balaban J connectivity index is 2.49. The SMILES string of the molecule is CC(N)c1cccc2c1CCO2. The van der Waals surface area contributed by atoms with E-state index in [1.165, 1.54) is 11.1 Å². The van der Waals surface area contributed by atoms with Crippen LogP contribution in [0.1, 0.15) is 24.1 Å². The zero-order valence-corrected chi connectivity index (χ0v) is 7.21. The molecule has 64 valence electrons. The van der Waals surface area contributed by atoms with Gasteiger partial charge in [-0.15, -0.1) is 0 Å². The summed E-state index contributed by atoms with van der Waals surface area (Å²) in [5.41, 5.74) is 8.36. The van der Waals surface area contributed by atoms with E-state index in [9.17, 15) is 0 Å². The van der Waals surface area contributed by atoms with Gasteiger partial charge in [0.15, 0.2) is 0 Å². The Hall–Kier alpha value is -1.02. The van der Waals surface area contributed by atoms with Gasteiger partial charge < -0.3 is 10.5 Å². The molecule has 0 aliphatic carbocycles. The van der Waals surface area contributed by atoms with Crippen molar-refractivity contribution in [2.45, 2.75) is 19.4 Å². The normalized spacial score (nSPS) is 16.8. The van der Waals surface area contributed by atoms with E-state index in [1.54, 1.807) is 0 Å². The van der Waals surface area contributed by atoms with Crippen molar-refractivity contribution < 1.29 is 4.74 Å². The topological polar surface area (TPSA) is 35.2 Å². The molecule has 0 saturated carbocycles. The molecule has 0 saturated heterocycles. The van der Waals surface area contributed by atoms with E-state index in [0.29, 0.717) is 0 Å². The Morgan fingerprint density at radius 3 is 3.08 bits per heavy atom. The summed E-state index contributed by atoms with van der Waals surface area (Å²) in [4.78, 5) is 0. The van der Waals surface area contributed by atoms with Gasteiger partial charge in [0, 0.05) is 18.0 Å². The minimum Gasteiger partial charge on any atom is -0.493 e. The van der Waals surface area contributed by atoms with Crippen LogP contribution in [0, 0.1) is 0 Å². The zero-order chi connectivity index (χ0) is 8.55. The molecule has 0 amide bonds. The van der Waals surface area contributed by atoms with Gasteiger partial charge in [-0.25, -0.2) is 0 Å². The number of ether oxygens (including phenoxy) is 1. The summed E-state index contributed by atoms with van der Waals surface area (Å²) < 4.78 is 5.43. The lowest BCUT2D eigenvalue weighted by atomic mass is 10.0. The summed E-state index contributed by atoms with van der Waals surface area (Å²) >= 11 is 0. The lowest BCUT2D eigenvalue weighted by molar-refractivity contribution is 0.357. The van der Waals surface area contributed by atoms with Crippen molar-refractivity contribution in [3.63, 3.8) is 0 Å². The van der Waals surface area contributed by atoms with Gasteiger partial charge in [0.2, 0.25) is 0 Å². The van der Waals surface area contributed by atoms with E-state index in [-0.39, 0.29) is 6.04 Å². The number of hydrogen-bond acceptors (Lipinski definition) is 2. The van der Waals surface area contributed by atoms with E-state index in [1.807, 2.05) is 19.1 Å². The maximum atomic E-state index is 5.83. The Kier molecular flexibility index (Phi) is 1.77. The lowest BCUT2D eigenvalue weighted by Crippen LogP contribution is -2.07. The highest BCUT2D eigenvalue weighted by Crippen LogP contribution is 2.30. The van der Waals surface area contributed by atoms with Crippen LogP contribution < -0.4 is 10.5 Å². The molecule has 0 aromatic heterocycles. The van der Waals surface area contributed by atoms with Gasteiger partial charge in [-0.05, 0) is 18.6 Å². The van der Waals surface area contributed by atoms with Crippen molar-refractivity contribution in [2.75, 3.05) is 6.61 Å². The number of benzene rings is 1. The van der Waals surface area contributed by atoms with Crippen LogP contribution in [-0.4, -0.2) is 6.61 Å². The number of hydrogen-bond donors (Lipinski definition) is 1. The van der Waals surface area contributed by atoms with E-state index >= 15 is 0 Å². The van der Waals surface area contributed by atoms with E-state index in [2.05, 4.69) is 6.07 Å². The van der Waals surface area contributed by atoms with Crippen molar-refractivity contribution in [3.05, 3.63) is 29.3 Å². The van der Waals surface area contributed by atoms with Gasteiger partial charge >= 0.3 is 0 Å². The van der Waals surface area contributed by atoms with Gasteiger partial charge in [-0.1, -0.05) is 12.1 Å². The second-order valence-electron chi connectivity index (χ2n) is 3.21. The Morgan fingerprint density at radius 2 is 2.33 bits per heavy atom. The fourth-order valence-electron chi connectivity index (χ4n) is 1.68. The summed E-state index contributed by atoms with van der Waals surface area (Å²) in [7, 11) is 0. The third-order valence-electron chi connectivity index (χ3n) is 2.27. The molecule has 1 aliphatic rings. The molecule has 0 fully saturated rings. The van der Waals surface area contributed by atoms with Crippen LogP contribution >= 0.6 is 0 Å². The summed E-state index contributed by atoms with van der Waals surface area (Å²) in [6, 6.07) is 6.21. The fraction of sp³-hybridized carbons (Fsp3) is 0.400. The molecule has 12 heavy (non-hydrogen) atoms.